The van der Waals surface area contributed by atoms with Crippen LogP contribution in [0.15, 0.2) is 0 Å². The number of piperidine rings is 1. The summed E-state index contributed by atoms with van der Waals surface area (Å²) in [5.41, 5.74) is 0. The minimum absolute atomic E-state index is 0.858. The third-order valence-corrected chi connectivity index (χ3v) is 2.69. The van der Waals surface area contributed by atoms with Gasteiger partial charge in [0.2, 0.25) is 0 Å². The van der Waals surface area contributed by atoms with Gasteiger partial charge in [-0.15, -0.1) is 0 Å². The number of nitrogens with one attached hydrogen (secondary N) is 1. The Morgan fingerprint density at radius 1 is 1.33 bits per heavy atom. The lowest BCUT2D eigenvalue weighted by Gasteiger charge is -2.26. The summed E-state index contributed by atoms with van der Waals surface area (Å²) in [6, 6.07) is 2.49. The Hall–Kier alpha value is -0.0400. The highest BCUT2D eigenvalue weighted by atomic mass is 15.0. The van der Waals surface area contributed by atoms with E-state index >= 15 is 0 Å². The van der Waals surface area contributed by atoms with E-state index in [9.17, 15) is 0 Å². The van der Waals surface area contributed by atoms with Gasteiger partial charge in [0, 0.05) is 12.1 Å². The molecule has 2 unspecified atom stereocenters. The van der Waals surface area contributed by atoms with Crippen LogP contribution in [0.3, 0.4) is 0 Å². The molecule has 2 fully saturated rings. The van der Waals surface area contributed by atoms with Crippen LogP contribution in [-0.4, -0.2) is 6.04 Å². The molecule has 2 atom stereocenters. The average Bonchev–Trinajstić information content (AvgIpc) is 2.25. The second-order valence-corrected chi connectivity index (χ2v) is 3.38. The van der Waals surface area contributed by atoms with Gasteiger partial charge < -0.3 is 5.32 Å². The summed E-state index contributed by atoms with van der Waals surface area (Å²) in [4.78, 5) is 0. The lowest BCUT2D eigenvalue weighted by molar-refractivity contribution is 0.385. The van der Waals surface area contributed by atoms with Gasteiger partial charge in [0.15, 0.2) is 0 Å². The monoisotopic (exact) mass is 124 g/mol. The summed E-state index contributed by atoms with van der Waals surface area (Å²) in [5, 5.41) is 3.56. The van der Waals surface area contributed by atoms with Crippen LogP contribution in [0.5, 0.6) is 0 Å². The first-order valence-electron chi connectivity index (χ1n) is 3.98. The topological polar surface area (TPSA) is 12.0 Å². The lowest BCUT2D eigenvalue weighted by atomic mass is 9.94. The van der Waals surface area contributed by atoms with Crippen molar-refractivity contribution in [2.75, 3.05) is 0 Å². The van der Waals surface area contributed by atoms with E-state index in [-0.39, 0.29) is 0 Å². The molecule has 0 aliphatic carbocycles. The number of fused-ring (bicyclic) bond motifs is 2. The molecule has 0 aromatic rings. The SMILES string of the molecule is CC1CCC2CC[C]1N2. The van der Waals surface area contributed by atoms with E-state index in [4.69, 9.17) is 0 Å². The van der Waals surface area contributed by atoms with Crippen LogP contribution in [0.4, 0.5) is 0 Å². The van der Waals surface area contributed by atoms with Gasteiger partial charge >= 0.3 is 0 Å². The van der Waals surface area contributed by atoms with Gasteiger partial charge in [-0.05, 0) is 31.6 Å². The molecule has 0 aromatic heterocycles. The standard InChI is InChI=1S/C8H14N/c1-6-2-3-7-4-5-8(6)9-7/h6-7,9H,2-5H2,1H3. The van der Waals surface area contributed by atoms with Gasteiger partial charge in [0.1, 0.15) is 0 Å². The zero-order valence-electron chi connectivity index (χ0n) is 5.98. The molecule has 51 valence electrons. The van der Waals surface area contributed by atoms with Crippen LogP contribution in [0.2, 0.25) is 0 Å². The third-order valence-electron chi connectivity index (χ3n) is 2.69. The van der Waals surface area contributed by atoms with Crippen molar-refractivity contribution in [1.82, 2.24) is 5.32 Å². The highest BCUT2D eigenvalue weighted by molar-refractivity contribution is 5.04. The third kappa shape index (κ3) is 0.877. The molecule has 2 aliphatic rings. The maximum absolute atomic E-state index is 3.56. The lowest BCUT2D eigenvalue weighted by Crippen LogP contribution is -2.33. The molecule has 1 heteroatoms. The summed E-state index contributed by atoms with van der Waals surface area (Å²) in [6.07, 6.45) is 5.59. The van der Waals surface area contributed by atoms with Crippen molar-refractivity contribution in [3.63, 3.8) is 0 Å². The number of hydrogen-bond acceptors (Lipinski definition) is 1. The van der Waals surface area contributed by atoms with Gasteiger partial charge in [-0.25, -0.2) is 0 Å². The molecule has 0 amide bonds. The van der Waals surface area contributed by atoms with Crippen LogP contribution in [-0.2, 0) is 0 Å². The molecule has 2 aliphatic heterocycles. The second-order valence-electron chi connectivity index (χ2n) is 3.38. The van der Waals surface area contributed by atoms with E-state index in [0.29, 0.717) is 0 Å². The molecule has 9 heavy (non-hydrogen) atoms. The predicted molar refractivity (Wildman–Crippen MR) is 37.8 cm³/mol. The Kier molecular flexibility index (Phi) is 1.26. The van der Waals surface area contributed by atoms with E-state index in [1.165, 1.54) is 25.7 Å². The highest BCUT2D eigenvalue weighted by Crippen LogP contribution is 2.35. The van der Waals surface area contributed by atoms with E-state index < -0.39 is 0 Å². The van der Waals surface area contributed by atoms with Crippen LogP contribution in [0.1, 0.15) is 32.6 Å². The van der Waals surface area contributed by atoms with E-state index in [2.05, 4.69) is 12.2 Å². The first kappa shape index (κ1) is 5.72. The van der Waals surface area contributed by atoms with Crippen LogP contribution in [0.25, 0.3) is 0 Å². The fourth-order valence-electron chi connectivity index (χ4n) is 1.97. The number of rotatable bonds is 0. The van der Waals surface area contributed by atoms with Gasteiger partial charge in [-0.3, -0.25) is 0 Å². The van der Waals surface area contributed by atoms with Gasteiger partial charge in [-0.1, -0.05) is 6.92 Å². The molecule has 0 spiro atoms. The first-order chi connectivity index (χ1) is 4.36. The van der Waals surface area contributed by atoms with E-state index in [1.54, 1.807) is 6.04 Å². The van der Waals surface area contributed by atoms with Crippen molar-refractivity contribution < 1.29 is 0 Å². The largest absolute Gasteiger partial charge is 0.306 e. The zero-order chi connectivity index (χ0) is 6.27. The minimum Gasteiger partial charge on any atom is -0.306 e. The molecular weight excluding hydrogens is 110 g/mol. The number of hydrogen-bond donors (Lipinski definition) is 1. The van der Waals surface area contributed by atoms with Crippen LogP contribution >= 0.6 is 0 Å². The van der Waals surface area contributed by atoms with Gasteiger partial charge in [-0.2, -0.15) is 0 Å². The fraction of sp³-hybridized carbons (Fsp3) is 0.875. The summed E-state index contributed by atoms with van der Waals surface area (Å²) in [6.45, 7) is 2.34. The Morgan fingerprint density at radius 3 is 3.00 bits per heavy atom. The van der Waals surface area contributed by atoms with Crippen LogP contribution in [0, 0.1) is 12.0 Å². The Balaban J connectivity index is 2.05. The van der Waals surface area contributed by atoms with Crippen molar-refractivity contribution in [2.24, 2.45) is 5.92 Å². The Morgan fingerprint density at radius 2 is 2.22 bits per heavy atom. The van der Waals surface area contributed by atoms with Crippen molar-refractivity contribution in [3.05, 3.63) is 6.04 Å². The fourth-order valence-corrected chi connectivity index (χ4v) is 1.97. The van der Waals surface area contributed by atoms with Crippen molar-refractivity contribution >= 4 is 0 Å². The molecule has 2 saturated heterocycles. The maximum Gasteiger partial charge on any atom is 0.0395 e. The predicted octanol–water partition coefficient (Wildman–Crippen LogP) is 1.70. The molecule has 1 nitrogen and oxygen atoms in total. The molecule has 1 N–H and O–H groups in total. The molecule has 2 bridgehead atoms. The molecular formula is C8H14N. The van der Waals surface area contributed by atoms with E-state index in [0.717, 1.165) is 12.0 Å². The van der Waals surface area contributed by atoms with Crippen molar-refractivity contribution in [2.45, 2.75) is 38.6 Å². The smallest absolute Gasteiger partial charge is 0.0395 e. The Bertz CT molecular complexity index is 111. The van der Waals surface area contributed by atoms with Crippen molar-refractivity contribution in [1.29, 1.82) is 0 Å². The average molecular weight is 124 g/mol. The van der Waals surface area contributed by atoms with Gasteiger partial charge in [0.05, 0.1) is 0 Å². The molecule has 0 aromatic carbocycles. The first-order valence-corrected chi connectivity index (χ1v) is 3.98. The zero-order valence-corrected chi connectivity index (χ0v) is 5.98. The molecule has 2 heterocycles. The summed E-state index contributed by atoms with van der Waals surface area (Å²) >= 11 is 0. The van der Waals surface area contributed by atoms with Crippen LogP contribution < -0.4 is 5.32 Å². The summed E-state index contributed by atoms with van der Waals surface area (Å²) in [5.74, 6) is 0.865. The molecule has 0 saturated carbocycles. The Labute approximate surface area is 56.8 Å². The highest BCUT2D eigenvalue weighted by Gasteiger charge is 2.32. The van der Waals surface area contributed by atoms with Gasteiger partial charge in [0.25, 0.3) is 0 Å². The minimum atomic E-state index is 0.858. The summed E-state index contributed by atoms with van der Waals surface area (Å²) < 4.78 is 0. The summed E-state index contributed by atoms with van der Waals surface area (Å²) in [7, 11) is 0. The normalized spacial score (nSPS) is 43.7. The molecule has 2 rings (SSSR count). The molecule has 1 radical (unpaired) electrons. The van der Waals surface area contributed by atoms with Crippen molar-refractivity contribution in [3.8, 4) is 0 Å². The second kappa shape index (κ2) is 1.98. The van der Waals surface area contributed by atoms with E-state index in [1.807, 2.05) is 0 Å². The quantitative estimate of drug-likeness (QED) is 0.518. The maximum atomic E-state index is 3.56.